The molecule has 0 aliphatic carbocycles. The number of nitro benzene ring substituents is 1. The van der Waals surface area contributed by atoms with E-state index in [4.69, 9.17) is 9.47 Å². The third kappa shape index (κ3) is 5.62. The number of fused-ring (bicyclic) bond motifs is 1. The molecule has 1 aromatic heterocycles. The van der Waals surface area contributed by atoms with E-state index in [0.29, 0.717) is 23.8 Å². The molecule has 0 bridgehead atoms. The molecule has 3 heterocycles. The summed E-state index contributed by atoms with van der Waals surface area (Å²) in [5.74, 6) is -0.837. The van der Waals surface area contributed by atoms with Crippen molar-refractivity contribution in [3.8, 4) is 0 Å². The van der Waals surface area contributed by atoms with Gasteiger partial charge < -0.3 is 14.8 Å². The average Bonchev–Trinajstić information content (AvgIpc) is 3.29. The number of non-ortho nitro benzene ring substituents is 1. The molecule has 4 rings (SSSR count). The summed E-state index contributed by atoms with van der Waals surface area (Å²) in [5.41, 5.74) is 0.471. The minimum absolute atomic E-state index is 0.0759. The van der Waals surface area contributed by atoms with Gasteiger partial charge in [0, 0.05) is 17.0 Å². The molecule has 1 fully saturated rings. The van der Waals surface area contributed by atoms with Gasteiger partial charge in [0.25, 0.3) is 11.6 Å². The van der Waals surface area contributed by atoms with Crippen LogP contribution in [0, 0.1) is 10.1 Å². The smallest absolute Gasteiger partial charge is 0.352 e. The monoisotopic (exact) mass is 518 g/mol. The number of hydrogen-bond donors (Lipinski definition) is 1. The number of esters is 1. The van der Waals surface area contributed by atoms with Crippen LogP contribution in [0.3, 0.4) is 0 Å². The molecule has 184 valence electrons. The summed E-state index contributed by atoms with van der Waals surface area (Å²) in [4.78, 5) is 55.2. The average molecular weight is 519 g/mol. The van der Waals surface area contributed by atoms with Crippen molar-refractivity contribution >= 4 is 52.5 Å². The summed E-state index contributed by atoms with van der Waals surface area (Å²) >= 11 is 2.81. The van der Waals surface area contributed by atoms with Crippen LogP contribution in [0.25, 0.3) is 0 Å². The number of benzene rings is 1. The lowest BCUT2D eigenvalue weighted by atomic mass is 10.1. The molecule has 1 N–H and O–H groups in total. The van der Waals surface area contributed by atoms with Crippen molar-refractivity contribution < 1.29 is 28.8 Å². The van der Waals surface area contributed by atoms with Crippen LogP contribution in [0.15, 0.2) is 46.8 Å². The number of thioether (sulfide) groups is 1. The van der Waals surface area contributed by atoms with Gasteiger partial charge >= 0.3 is 5.97 Å². The zero-order chi connectivity index (χ0) is 24.9. The van der Waals surface area contributed by atoms with Gasteiger partial charge in [0.1, 0.15) is 18.0 Å². The van der Waals surface area contributed by atoms with Gasteiger partial charge in [-0.05, 0) is 36.1 Å². The fourth-order valence-electron chi connectivity index (χ4n) is 3.60. The molecule has 11 nitrogen and oxygen atoms in total. The molecule has 2 amide bonds. The molecule has 3 atom stereocenters. The van der Waals surface area contributed by atoms with E-state index in [1.54, 1.807) is 6.92 Å². The first-order valence-corrected chi connectivity index (χ1v) is 12.6. The number of thiophene rings is 1. The van der Waals surface area contributed by atoms with Crippen molar-refractivity contribution in [1.29, 1.82) is 0 Å². The van der Waals surface area contributed by atoms with Crippen LogP contribution in [0.5, 0.6) is 0 Å². The first kappa shape index (κ1) is 24.7. The highest BCUT2D eigenvalue weighted by Crippen LogP contribution is 2.35. The summed E-state index contributed by atoms with van der Waals surface area (Å²) in [6, 6.07) is 8.52. The Morgan fingerprint density at radius 2 is 2.06 bits per heavy atom. The van der Waals surface area contributed by atoms with Crippen molar-refractivity contribution in [3.63, 3.8) is 0 Å². The number of hydrogen-bond acceptors (Lipinski definition) is 10. The summed E-state index contributed by atoms with van der Waals surface area (Å²) in [6.07, 6.45) is -1.09. The van der Waals surface area contributed by atoms with Crippen molar-refractivity contribution in [3.05, 3.63) is 62.3 Å². The fourth-order valence-corrected chi connectivity index (χ4v) is 5.53. The second-order valence-electron chi connectivity index (χ2n) is 7.61. The molecule has 13 heteroatoms. The normalized spacial score (nSPS) is 21.2. The number of β-lactam (4-membered cyclic amide) rings is 1. The van der Waals surface area contributed by atoms with Crippen LogP contribution in [-0.4, -0.2) is 63.4 Å². The fraction of sp³-hybridized carbons (Fsp3) is 0.364. The number of rotatable bonds is 8. The van der Waals surface area contributed by atoms with E-state index in [1.165, 1.54) is 52.3 Å². The maximum Gasteiger partial charge on any atom is 0.352 e. The van der Waals surface area contributed by atoms with E-state index >= 15 is 0 Å². The number of carbonyl (C=O) groups is 3. The predicted octanol–water partition coefficient (Wildman–Crippen LogP) is 2.10. The van der Waals surface area contributed by atoms with Gasteiger partial charge in [0.2, 0.25) is 12.1 Å². The molecule has 1 saturated heterocycles. The Morgan fingerprint density at radius 1 is 1.29 bits per heavy atom. The predicted molar refractivity (Wildman–Crippen MR) is 129 cm³/mol. The van der Waals surface area contributed by atoms with E-state index in [0.717, 1.165) is 4.88 Å². The van der Waals surface area contributed by atoms with E-state index in [1.807, 2.05) is 17.5 Å². The molecule has 35 heavy (non-hydrogen) atoms. The maximum atomic E-state index is 13.0. The van der Waals surface area contributed by atoms with Gasteiger partial charge in [0.05, 0.1) is 23.7 Å². The highest BCUT2D eigenvalue weighted by atomic mass is 32.2. The molecule has 2 aliphatic heterocycles. The second-order valence-corrected chi connectivity index (χ2v) is 9.75. The Bertz CT molecular complexity index is 1140. The molecule has 0 spiro atoms. The van der Waals surface area contributed by atoms with Gasteiger partial charge in [-0.2, -0.15) is 0 Å². The third-order valence-corrected chi connectivity index (χ3v) is 7.40. The van der Waals surface area contributed by atoms with Crippen molar-refractivity contribution in [2.75, 3.05) is 12.4 Å². The highest BCUT2D eigenvalue weighted by Gasteiger charge is 2.55. The summed E-state index contributed by atoms with van der Waals surface area (Å²) in [5, 5.41) is 14.9. The van der Waals surface area contributed by atoms with Gasteiger partial charge in [-0.3, -0.25) is 24.6 Å². The first-order chi connectivity index (χ1) is 16.9. The van der Waals surface area contributed by atoms with Gasteiger partial charge in [-0.1, -0.05) is 6.07 Å². The zero-order valence-corrected chi connectivity index (χ0v) is 20.3. The van der Waals surface area contributed by atoms with Crippen LogP contribution in [0.2, 0.25) is 0 Å². The van der Waals surface area contributed by atoms with Crippen molar-refractivity contribution in [2.24, 2.45) is 4.99 Å². The SMILES string of the molecule is CCOC1=NC(C(=O)OCc2ccc([N+](=O)[O-])cc2)N2C(=O)C(NC(=O)Cc3cccs3)C2SC1. The second kappa shape index (κ2) is 10.9. The van der Waals surface area contributed by atoms with Crippen LogP contribution >= 0.6 is 23.1 Å². The van der Waals surface area contributed by atoms with E-state index in [-0.39, 0.29) is 24.6 Å². The number of nitrogens with one attached hydrogen (secondary N) is 1. The molecular formula is C22H22N4O7S2. The van der Waals surface area contributed by atoms with Gasteiger partial charge in [-0.15, -0.1) is 23.1 Å². The molecule has 0 saturated carbocycles. The number of nitro groups is 1. The maximum absolute atomic E-state index is 13.0. The largest absolute Gasteiger partial charge is 0.481 e. The molecule has 3 unspecified atom stereocenters. The lowest BCUT2D eigenvalue weighted by Gasteiger charge is -2.47. The number of aliphatic imine (C=N–C) groups is 1. The van der Waals surface area contributed by atoms with Crippen molar-refractivity contribution in [2.45, 2.75) is 37.5 Å². The first-order valence-electron chi connectivity index (χ1n) is 10.7. The molecule has 1 aromatic carbocycles. The van der Waals surface area contributed by atoms with Crippen LogP contribution < -0.4 is 5.32 Å². The van der Waals surface area contributed by atoms with E-state index in [2.05, 4.69) is 10.3 Å². The lowest BCUT2D eigenvalue weighted by Crippen LogP contribution is -2.72. The Balaban J connectivity index is 1.43. The Hall–Kier alpha value is -3.45. The van der Waals surface area contributed by atoms with E-state index in [9.17, 15) is 24.5 Å². The standard InChI is InChI=1S/C22H22N4O7S2/c1-2-32-17-12-35-21-18(23-16(27)10-15-4-3-9-34-15)20(28)25(21)19(24-17)22(29)33-11-13-5-7-14(8-6-13)26(30)31/h3-9,18-19,21H,2,10-12H2,1H3,(H,23,27). The van der Waals surface area contributed by atoms with Gasteiger partial charge in [-0.25, -0.2) is 9.79 Å². The van der Waals surface area contributed by atoms with E-state index < -0.39 is 34.4 Å². The highest BCUT2D eigenvalue weighted by molar-refractivity contribution is 8.00. The van der Waals surface area contributed by atoms with Gasteiger partial charge in [0.15, 0.2) is 5.90 Å². The summed E-state index contributed by atoms with van der Waals surface area (Å²) < 4.78 is 10.9. The topological polar surface area (TPSA) is 140 Å². The van der Waals surface area contributed by atoms with Crippen LogP contribution in [-0.2, 0) is 36.9 Å². The Kier molecular flexibility index (Phi) is 7.66. The number of nitrogens with zero attached hydrogens (tertiary/aromatic N) is 3. The lowest BCUT2D eigenvalue weighted by molar-refractivity contribution is -0.384. The summed E-state index contributed by atoms with van der Waals surface area (Å²) in [6.45, 7) is 1.98. The van der Waals surface area contributed by atoms with Crippen LogP contribution in [0.4, 0.5) is 5.69 Å². The Morgan fingerprint density at radius 3 is 2.71 bits per heavy atom. The number of carbonyl (C=O) groups excluding carboxylic acids is 3. The minimum atomic E-state index is -1.26. The molecule has 2 aromatic rings. The number of amides is 2. The quantitative estimate of drug-likeness (QED) is 0.242. The summed E-state index contributed by atoms with van der Waals surface area (Å²) in [7, 11) is 0. The minimum Gasteiger partial charge on any atom is -0.481 e. The zero-order valence-electron chi connectivity index (χ0n) is 18.6. The number of ether oxygens (including phenoxy) is 2. The van der Waals surface area contributed by atoms with Crippen molar-refractivity contribution in [1.82, 2.24) is 10.2 Å². The molecule has 0 radical (unpaired) electrons. The van der Waals surface area contributed by atoms with Crippen LogP contribution in [0.1, 0.15) is 17.4 Å². The molecular weight excluding hydrogens is 496 g/mol. The Labute approximate surface area is 208 Å². The third-order valence-electron chi connectivity index (χ3n) is 5.27. The molecule has 2 aliphatic rings.